The summed E-state index contributed by atoms with van der Waals surface area (Å²) in [6.45, 7) is 0.742. The number of carbonyl (C=O) groups excluding carboxylic acids is 1. The lowest BCUT2D eigenvalue weighted by Gasteiger charge is -2.12. The van der Waals surface area contributed by atoms with Gasteiger partial charge in [-0.1, -0.05) is 0 Å². The zero-order valence-corrected chi connectivity index (χ0v) is 10.5. The first kappa shape index (κ1) is 11.1. The maximum Gasteiger partial charge on any atom is 0.262 e. The molecule has 1 aliphatic carbocycles. The van der Waals surface area contributed by atoms with Gasteiger partial charge in [-0.3, -0.25) is 4.79 Å². The van der Waals surface area contributed by atoms with Gasteiger partial charge in [0, 0.05) is 16.4 Å². The molecular formula is C10H12BrNO2S. The Kier molecular flexibility index (Phi) is 3.13. The van der Waals surface area contributed by atoms with Crippen LogP contribution in [0.2, 0.25) is 0 Å². The number of thiophene rings is 1. The molecule has 0 radical (unpaired) electrons. The monoisotopic (exact) mass is 289 g/mol. The van der Waals surface area contributed by atoms with Gasteiger partial charge in [0.25, 0.3) is 5.91 Å². The Labute approximate surface area is 101 Å². The molecule has 0 atom stereocenters. The summed E-state index contributed by atoms with van der Waals surface area (Å²) in [7, 11) is 0. The Balaban J connectivity index is 1.91. The molecule has 0 bridgehead atoms. The number of aliphatic hydroxyl groups is 1. The number of aliphatic hydroxyl groups excluding tert-OH is 1. The van der Waals surface area contributed by atoms with Crippen LogP contribution in [0.3, 0.4) is 0 Å². The van der Waals surface area contributed by atoms with E-state index in [2.05, 4.69) is 21.2 Å². The molecular weight excluding hydrogens is 278 g/mol. The minimum atomic E-state index is -0.0587. The SMILES string of the molecule is O=C(NCC1(CO)CC1)c1sccc1Br. The smallest absolute Gasteiger partial charge is 0.262 e. The molecule has 0 aromatic carbocycles. The van der Waals surface area contributed by atoms with Gasteiger partial charge in [0.1, 0.15) is 4.88 Å². The van der Waals surface area contributed by atoms with Crippen LogP contribution in [0.25, 0.3) is 0 Å². The molecule has 1 heterocycles. The predicted molar refractivity (Wildman–Crippen MR) is 63.1 cm³/mol. The van der Waals surface area contributed by atoms with Gasteiger partial charge in [-0.15, -0.1) is 11.3 Å². The number of amides is 1. The van der Waals surface area contributed by atoms with Crippen LogP contribution >= 0.6 is 27.3 Å². The highest BCUT2D eigenvalue weighted by atomic mass is 79.9. The topological polar surface area (TPSA) is 49.3 Å². The predicted octanol–water partition coefficient (Wildman–Crippen LogP) is 2.01. The van der Waals surface area contributed by atoms with Crippen molar-refractivity contribution in [2.24, 2.45) is 5.41 Å². The quantitative estimate of drug-likeness (QED) is 0.891. The van der Waals surface area contributed by atoms with Crippen molar-refractivity contribution in [3.63, 3.8) is 0 Å². The summed E-state index contributed by atoms with van der Waals surface area (Å²) in [5, 5.41) is 13.8. The van der Waals surface area contributed by atoms with E-state index in [1.54, 1.807) is 0 Å². The second-order valence-electron chi connectivity index (χ2n) is 3.94. The fraction of sp³-hybridized carbons (Fsp3) is 0.500. The van der Waals surface area contributed by atoms with Gasteiger partial charge < -0.3 is 10.4 Å². The van der Waals surface area contributed by atoms with Crippen molar-refractivity contribution in [2.45, 2.75) is 12.8 Å². The Morgan fingerprint density at radius 1 is 1.67 bits per heavy atom. The average Bonchev–Trinajstić information content (AvgIpc) is 2.91. The van der Waals surface area contributed by atoms with Crippen LogP contribution in [-0.2, 0) is 0 Å². The van der Waals surface area contributed by atoms with Crippen LogP contribution in [0.1, 0.15) is 22.5 Å². The highest BCUT2D eigenvalue weighted by Gasteiger charge is 2.42. The molecule has 1 saturated carbocycles. The number of nitrogens with one attached hydrogen (secondary N) is 1. The maximum absolute atomic E-state index is 11.7. The van der Waals surface area contributed by atoms with E-state index in [9.17, 15) is 4.79 Å². The van der Waals surface area contributed by atoms with Crippen LogP contribution in [-0.4, -0.2) is 24.2 Å². The molecule has 2 rings (SSSR count). The van der Waals surface area contributed by atoms with Crippen LogP contribution in [0.4, 0.5) is 0 Å². The molecule has 5 heteroatoms. The Morgan fingerprint density at radius 2 is 2.40 bits per heavy atom. The second-order valence-corrected chi connectivity index (χ2v) is 5.71. The van der Waals surface area contributed by atoms with E-state index >= 15 is 0 Å². The summed E-state index contributed by atoms with van der Waals surface area (Å²) in [5.41, 5.74) is -0.0284. The number of rotatable bonds is 4. The normalized spacial score (nSPS) is 17.5. The minimum Gasteiger partial charge on any atom is -0.396 e. The van der Waals surface area contributed by atoms with Crippen LogP contribution in [0.5, 0.6) is 0 Å². The van der Waals surface area contributed by atoms with Crippen molar-refractivity contribution < 1.29 is 9.90 Å². The highest BCUT2D eigenvalue weighted by Crippen LogP contribution is 2.44. The van der Waals surface area contributed by atoms with E-state index in [-0.39, 0.29) is 17.9 Å². The summed E-state index contributed by atoms with van der Waals surface area (Å²) in [4.78, 5) is 12.4. The molecule has 1 fully saturated rings. The van der Waals surface area contributed by atoms with Crippen molar-refractivity contribution in [1.29, 1.82) is 0 Å². The minimum absolute atomic E-state index is 0.0284. The van der Waals surface area contributed by atoms with Crippen LogP contribution in [0.15, 0.2) is 15.9 Å². The average molecular weight is 290 g/mol. The Morgan fingerprint density at radius 3 is 2.87 bits per heavy atom. The molecule has 3 nitrogen and oxygen atoms in total. The summed E-state index contributed by atoms with van der Waals surface area (Å²) in [5.74, 6) is -0.0587. The van der Waals surface area contributed by atoms with E-state index in [0.29, 0.717) is 11.4 Å². The summed E-state index contributed by atoms with van der Waals surface area (Å²) < 4.78 is 0.832. The summed E-state index contributed by atoms with van der Waals surface area (Å²) >= 11 is 4.74. The molecule has 1 aromatic heterocycles. The molecule has 15 heavy (non-hydrogen) atoms. The van der Waals surface area contributed by atoms with E-state index < -0.39 is 0 Å². The van der Waals surface area contributed by atoms with Gasteiger partial charge in [-0.25, -0.2) is 0 Å². The third-order valence-electron chi connectivity index (χ3n) is 2.74. The summed E-state index contributed by atoms with van der Waals surface area (Å²) in [6, 6.07) is 1.86. The molecule has 1 aromatic rings. The number of halogens is 1. The van der Waals surface area contributed by atoms with Crippen molar-refractivity contribution in [1.82, 2.24) is 5.32 Å². The standard InChI is InChI=1S/C10H12BrNO2S/c11-7-1-4-15-8(7)9(14)12-5-10(6-13)2-3-10/h1,4,13H,2-3,5-6H2,(H,12,14). The molecule has 0 aliphatic heterocycles. The van der Waals surface area contributed by atoms with Crippen molar-refractivity contribution in [3.05, 3.63) is 20.8 Å². The van der Waals surface area contributed by atoms with Gasteiger partial charge in [0.2, 0.25) is 0 Å². The maximum atomic E-state index is 11.7. The molecule has 82 valence electrons. The number of hydrogen-bond donors (Lipinski definition) is 2. The molecule has 0 spiro atoms. The first-order valence-corrected chi connectivity index (χ1v) is 6.46. The van der Waals surface area contributed by atoms with Gasteiger partial charge in [0.05, 0.1) is 6.61 Å². The highest BCUT2D eigenvalue weighted by molar-refractivity contribution is 9.10. The summed E-state index contributed by atoms with van der Waals surface area (Å²) in [6.07, 6.45) is 2.02. The molecule has 1 aliphatic rings. The van der Waals surface area contributed by atoms with Gasteiger partial charge in [0.15, 0.2) is 0 Å². The second kappa shape index (κ2) is 4.23. The first-order chi connectivity index (χ1) is 7.17. The van der Waals surface area contributed by atoms with E-state index in [1.165, 1.54) is 11.3 Å². The molecule has 2 N–H and O–H groups in total. The van der Waals surface area contributed by atoms with Crippen molar-refractivity contribution in [2.75, 3.05) is 13.2 Å². The Bertz CT molecular complexity index is 373. The third kappa shape index (κ3) is 2.41. The zero-order chi connectivity index (χ0) is 10.9. The van der Waals surface area contributed by atoms with Crippen molar-refractivity contribution in [3.8, 4) is 0 Å². The van der Waals surface area contributed by atoms with E-state index in [1.807, 2.05) is 11.4 Å². The zero-order valence-electron chi connectivity index (χ0n) is 8.12. The Hall–Kier alpha value is -0.390. The number of hydrogen-bond acceptors (Lipinski definition) is 3. The lowest BCUT2D eigenvalue weighted by molar-refractivity contribution is 0.0938. The largest absolute Gasteiger partial charge is 0.396 e. The van der Waals surface area contributed by atoms with Crippen LogP contribution in [0, 0.1) is 5.41 Å². The van der Waals surface area contributed by atoms with Crippen LogP contribution < -0.4 is 5.32 Å². The van der Waals surface area contributed by atoms with E-state index in [4.69, 9.17) is 5.11 Å². The first-order valence-electron chi connectivity index (χ1n) is 4.79. The van der Waals surface area contributed by atoms with E-state index in [0.717, 1.165) is 17.3 Å². The molecule has 0 saturated heterocycles. The van der Waals surface area contributed by atoms with Crippen molar-refractivity contribution >= 4 is 33.2 Å². The van der Waals surface area contributed by atoms with Gasteiger partial charge in [-0.2, -0.15) is 0 Å². The lowest BCUT2D eigenvalue weighted by Crippen LogP contribution is -2.31. The third-order valence-corrected chi connectivity index (χ3v) is 4.58. The molecule has 0 unspecified atom stereocenters. The van der Waals surface area contributed by atoms with Gasteiger partial charge in [-0.05, 0) is 40.2 Å². The molecule has 1 amide bonds. The lowest BCUT2D eigenvalue weighted by atomic mass is 10.1. The number of carbonyl (C=O) groups is 1. The fourth-order valence-electron chi connectivity index (χ4n) is 1.37. The fourth-order valence-corrected chi connectivity index (χ4v) is 2.84. The van der Waals surface area contributed by atoms with Gasteiger partial charge >= 0.3 is 0 Å².